The quantitative estimate of drug-likeness (QED) is 0.223. The molecule has 0 aromatic heterocycles. The maximum atomic E-state index is 13.2. The van der Waals surface area contributed by atoms with Gasteiger partial charge in [-0.3, -0.25) is 4.79 Å². The summed E-state index contributed by atoms with van der Waals surface area (Å²) in [7, 11) is -1.53. The fraction of sp³-hybridized carbons (Fsp3) is 0.591. The van der Waals surface area contributed by atoms with Gasteiger partial charge in [-0.25, -0.2) is 0 Å². The molecular weight excluding hydrogens is 386 g/mol. The molecule has 0 spiro atoms. The van der Waals surface area contributed by atoms with Gasteiger partial charge in [0.1, 0.15) is 14.1 Å². The van der Waals surface area contributed by atoms with Gasteiger partial charge in [0.05, 0.1) is 0 Å². The summed E-state index contributed by atoms with van der Waals surface area (Å²) in [5.41, 5.74) is 4.94. The third-order valence-corrected chi connectivity index (χ3v) is 13.3. The van der Waals surface area contributed by atoms with Crippen LogP contribution in [0.15, 0.2) is 30.3 Å². The first-order valence-electron chi connectivity index (χ1n) is 10.2. The molecule has 2 nitrogen and oxygen atoms in total. The van der Waals surface area contributed by atoms with Gasteiger partial charge < -0.3 is 4.90 Å². The van der Waals surface area contributed by atoms with Crippen LogP contribution in [0.2, 0.25) is 18.1 Å². The Labute approximate surface area is 175 Å². The van der Waals surface area contributed by atoms with E-state index < -0.39 is 12.2 Å². The van der Waals surface area contributed by atoms with Crippen LogP contribution in [0.25, 0.3) is 0 Å². The fourth-order valence-corrected chi connectivity index (χ4v) is 9.22. The summed E-state index contributed by atoms with van der Waals surface area (Å²) in [5.74, 6) is 5.78. The molecule has 1 fully saturated rings. The second-order valence-electron chi connectivity index (χ2n) is 6.97. The van der Waals surface area contributed by atoms with Crippen molar-refractivity contribution in [1.82, 2.24) is 4.90 Å². The lowest BCUT2D eigenvalue weighted by molar-refractivity contribution is -0.144. The molecule has 148 valence electrons. The van der Waals surface area contributed by atoms with E-state index in [0.717, 1.165) is 11.5 Å². The molecule has 1 amide bonds. The highest BCUT2D eigenvalue weighted by atomic mass is 32.2. The smallest absolute Gasteiger partial charge is 0.253 e. The Balaban J connectivity index is 2.38. The van der Waals surface area contributed by atoms with Gasteiger partial charge in [-0.2, -0.15) is 0 Å². The highest BCUT2D eigenvalue weighted by molar-refractivity contribution is 8.19. The van der Waals surface area contributed by atoms with Crippen LogP contribution in [-0.4, -0.2) is 40.5 Å². The molecule has 0 aliphatic carbocycles. The lowest BCUT2D eigenvalue weighted by Crippen LogP contribution is -2.69. The van der Waals surface area contributed by atoms with E-state index in [0.29, 0.717) is 6.54 Å². The van der Waals surface area contributed by atoms with Crippen molar-refractivity contribution >= 4 is 37.5 Å². The minimum absolute atomic E-state index is 0.0108. The number of likely N-dealkylation sites (tertiary alicyclic amines) is 1. The Morgan fingerprint density at radius 2 is 1.56 bits per heavy atom. The van der Waals surface area contributed by atoms with Gasteiger partial charge in [-0.05, 0) is 35.2 Å². The number of carbonyl (C=O) groups is 1. The Kier molecular flexibility index (Phi) is 8.39. The molecule has 0 radical (unpaired) electrons. The number of hydrogen-bond acceptors (Lipinski definition) is 3. The van der Waals surface area contributed by atoms with Crippen molar-refractivity contribution in [3.8, 4) is 11.5 Å². The normalized spacial score (nSPS) is 18.6. The van der Waals surface area contributed by atoms with Gasteiger partial charge in [0.15, 0.2) is 4.08 Å². The van der Waals surface area contributed by atoms with Crippen LogP contribution in [0.1, 0.15) is 40.2 Å². The van der Waals surface area contributed by atoms with E-state index >= 15 is 0 Å². The number of amides is 1. The summed E-state index contributed by atoms with van der Waals surface area (Å²) >= 11 is 3.56. The lowest BCUT2D eigenvalue weighted by Gasteiger charge is -2.53. The Hall–Kier alpha value is -0.833. The number of hydrogen-bond donors (Lipinski definition) is 0. The summed E-state index contributed by atoms with van der Waals surface area (Å²) in [5, 5.41) is 0. The molecule has 1 saturated heterocycles. The van der Waals surface area contributed by atoms with Crippen LogP contribution in [0, 0.1) is 11.5 Å². The predicted molar refractivity (Wildman–Crippen MR) is 125 cm³/mol. The van der Waals surface area contributed by atoms with Crippen LogP contribution in [0.5, 0.6) is 0 Å². The maximum absolute atomic E-state index is 13.2. The second-order valence-corrected chi connectivity index (χ2v) is 15.2. The number of carbonyl (C=O) groups excluding carboxylic acids is 1. The van der Waals surface area contributed by atoms with Crippen molar-refractivity contribution in [2.75, 3.05) is 11.5 Å². The van der Waals surface area contributed by atoms with Gasteiger partial charge in [0.25, 0.3) is 5.91 Å². The molecule has 5 heteroatoms. The van der Waals surface area contributed by atoms with Gasteiger partial charge in [0.2, 0.25) is 0 Å². The number of rotatable bonds is 9. The second kappa shape index (κ2) is 10.1. The molecule has 1 aromatic carbocycles. The molecule has 1 atom stereocenters. The van der Waals surface area contributed by atoms with Gasteiger partial charge in [-0.15, -0.1) is 29.1 Å². The third kappa shape index (κ3) is 4.60. The van der Waals surface area contributed by atoms with Crippen LogP contribution in [-0.2, 0) is 11.3 Å². The largest absolute Gasteiger partial charge is 0.320 e. The van der Waals surface area contributed by atoms with Crippen LogP contribution < -0.4 is 0 Å². The summed E-state index contributed by atoms with van der Waals surface area (Å²) in [6.07, 6.45) is 0. The Morgan fingerprint density at radius 3 is 2.04 bits per heavy atom. The van der Waals surface area contributed by atoms with Crippen LogP contribution >= 0.6 is 23.5 Å². The van der Waals surface area contributed by atoms with Crippen LogP contribution in [0.4, 0.5) is 0 Å². The average molecular weight is 420 g/mol. The number of benzene rings is 1. The Morgan fingerprint density at radius 1 is 1.00 bits per heavy atom. The molecule has 0 N–H and O–H groups in total. The summed E-state index contributed by atoms with van der Waals surface area (Å²) < 4.78 is -0.416. The number of nitrogens with zero attached hydrogens (tertiary/aromatic N) is 1. The first-order valence-corrected chi connectivity index (χ1v) is 14.8. The molecule has 1 aromatic rings. The molecule has 0 bridgehead atoms. The van der Waals surface area contributed by atoms with Crippen LogP contribution in [0.3, 0.4) is 0 Å². The van der Waals surface area contributed by atoms with E-state index in [4.69, 9.17) is 0 Å². The minimum atomic E-state index is -1.53. The topological polar surface area (TPSA) is 20.3 Å². The van der Waals surface area contributed by atoms with E-state index in [1.54, 1.807) is 23.5 Å². The van der Waals surface area contributed by atoms with Crippen molar-refractivity contribution in [1.29, 1.82) is 0 Å². The number of β-lactam (4-membered cyclic amide) rings is 1. The Bertz CT molecular complexity index is 664. The SMILES string of the molecule is CCSC1(SCC)C(=O)N(Cc2ccccc2)C1C#C[Si](CC)(CC)CC. The molecule has 1 aliphatic rings. The monoisotopic (exact) mass is 419 g/mol. The van der Waals surface area contributed by atoms with Gasteiger partial charge in [0, 0.05) is 6.54 Å². The van der Waals surface area contributed by atoms with Crippen molar-refractivity contribution < 1.29 is 4.79 Å². The summed E-state index contributed by atoms with van der Waals surface area (Å²) in [6.45, 7) is 11.8. The standard InChI is InChI=1S/C22H33NOS2Si/c1-6-25-22(26-7-2)20(16-17-27(8-3,9-4)10-5)23(21(22)24)18-19-14-12-11-13-15-19/h11-15,20H,6-10,18H2,1-5H3. The maximum Gasteiger partial charge on any atom is 0.253 e. The highest BCUT2D eigenvalue weighted by Crippen LogP contribution is 2.51. The van der Waals surface area contributed by atoms with Crippen molar-refractivity contribution in [3.05, 3.63) is 35.9 Å². The molecule has 1 unspecified atom stereocenters. The van der Waals surface area contributed by atoms with Crippen molar-refractivity contribution in [3.63, 3.8) is 0 Å². The molecule has 1 aliphatic heterocycles. The van der Waals surface area contributed by atoms with E-state index in [-0.39, 0.29) is 11.9 Å². The first kappa shape index (κ1) is 22.5. The molecule has 1 heterocycles. The zero-order chi connectivity index (χ0) is 19.9. The number of thioether (sulfide) groups is 2. The molecular formula is C22H33NOS2Si. The van der Waals surface area contributed by atoms with E-state index in [9.17, 15) is 4.79 Å². The minimum Gasteiger partial charge on any atom is -0.320 e. The van der Waals surface area contributed by atoms with E-state index in [2.05, 4.69) is 58.2 Å². The fourth-order valence-electron chi connectivity index (χ4n) is 3.68. The van der Waals surface area contributed by atoms with Gasteiger partial charge in [-0.1, -0.05) is 70.9 Å². The lowest BCUT2D eigenvalue weighted by atomic mass is 9.99. The highest BCUT2D eigenvalue weighted by Gasteiger charge is 2.60. The summed E-state index contributed by atoms with van der Waals surface area (Å²) in [4.78, 5) is 15.2. The average Bonchev–Trinajstić information content (AvgIpc) is 2.71. The van der Waals surface area contributed by atoms with Crippen molar-refractivity contribution in [2.24, 2.45) is 0 Å². The zero-order valence-corrected chi connectivity index (χ0v) is 20.0. The molecule has 2 rings (SSSR count). The van der Waals surface area contributed by atoms with Crippen molar-refractivity contribution in [2.45, 2.75) is 69.4 Å². The molecule has 27 heavy (non-hydrogen) atoms. The molecule has 0 saturated carbocycles. The van der Waals surface area contributed by atoms with E-state index in [1.807, 2.05) is 23.1 Å². The zero-order valence-electron chi connectivity index (χ0n) is 17.4. The van der Waals surface area contributed by atoms with Gasteiger partial charge >= 0.3 is 0 Å². The first-order chi connectivity index (χ1) is 13.0. The third-order valence-electron chi connectivity index (χ3n) is 5.65. The summed E-state index contributed by atoms with van der Waals surface area (Å²) in [6, 6.07) is 13.9. The predicted octanol–water partition coefficient (Wildman–Crippen LogP) is 5.65. The van der Waals surface area contributed by atoms with E-state index in [1.165, 1.54) is 23.7 Å².